The van der Waals surface area contributed by atoms with Crippen LogP contribution in [0, 0.1) is 29.9 Å². The normalized spacial score (nSPS) is 10.3. The van der Waals surface area contributed by atoms with Crippen LogP contribution in [0.25, 0.3) is 0 Å². The molecule has 0 atom stereocenters. The van der Waals surface area contributed by atoms with Gasteiger partial charge < -0.3 is 5.32 Å². The number of hydrogen-bond acceptors (Lipinski definition) is 3. The average Bonchev–Trinajstić information content (AvgIpc) is 2.57. The molecule has 0 aliphatic rings. The molecule has 1 aromatic heterocycles. The third kappa shape index (κ3) is 2.44. The Balaban J connectivity index is 2.51. The van der Waals surface area contributed by atoms with Crippen LogP contribution >= 0.6 is 15.9 Å². The minimum atomic E-state index is -0.755. The van der Waals surface area contributed by atoms with Crippen molar-refractivity contribution in [3.8, 4) is 6.07 Å². The predicted molar refractivity (Wildman–Crippen MR) is 70.0 cm³/mol. The van der Waals surface area contributed by atoms with Gasteiger partial charge in [0.1, 0.15) is 23.1 Å². The van der Waals surface area contributed by atoms with E-state index in [0.717, 1.165) is 12.1 Å². The molecule has 0 saturated heterocycles. The summed E-state index contributed by atoms with van der Waals surface area (Å²) in [6.45, 7) is 1.65. The summed E-state index contributed by atoms with van der Waals surface area (Å²) >= 11 is 3.00. The Morgan fingerprint density at radius 1 is 1.37 bits per heavy atom. The molecule has 0 aliphatic heterocycles. The van der Waals surface area contributed by atoms with Crippen LogP contribution < -0.4 is 5.32 Å². The molecule has 0 amide bonds. The van der Waals surface area contributed by atoms with E-state index >= 15 is 0 Å². The molecule has 0 bridgehead atoms. The lowest BCUT2D eigenvalue weighted by molar-refractivity contribution is 0.588. The standard InChI is InChI=1S/C12H9BrF2N4/c1-6-8(5-16)12(19(2)18-6)17-11-9(14)3-7(13)4-10(11)15/h3-4,17H,1-2H3. The third-order valence-electron chi connectivity index (χ3n) is 2.58. The SMILES string of the molecule is Cc1nn(C)c(Nc2c(F)cc(Br)cc2F)c1C#N. The molecule has 0 aliphatic carbocycles. The zero-order valence-electron chi connectivity index (χ0n) is 10.1. The Kier molecular flexibility index (Phi) is 3.53. The Hall–Kier alpha value is -1.94. The number of nitrogens with zero attached hydrogens (tertiary/aromatic N) is 3. The van der Waals surface area contributed by atoms with Crippen molar-refractivity contribution in [1.29, 1.82) is 5.26 Å². The maximum Gasteiger partial charge on any atom is 0.150 e. The largest absolute Gasteiger partial charge is 0.335 e. The summed E-state index contributed by atoms with van der Waals surface area (Å²) in [5.74, 6) is -1.26. The van der Waals surface area contributed by atoms with Gasteiger partial charge in [0.05, 0.1) is 5.69 Å². The minimum Gasteiger partial charge on any atom is -0.335 e. The molecular weight excluding hydrogens is 318 g/mol. The van der Waals surface area contributed by atoms with Crippen molar-refractivity contribution in [2.75, 3.05) is 5.32 Å². The van der Waals surface area contributed by atoms with Crippen LogP contribution in [-0.2, 0) is 7.05 Å². The number of benzene rings is 1. The number of aryl methyl sites for hydroxylation is 2. The van der Waals surface area contributed by atoms with Crippen LogP contribution in [0.3, 0.4) is 0 Å². The van der Waals surface area contributed by atoms with Gasteiger partial charge in [-0.25, -0.2) is 8.78 Å². The lowest BCUT2D eigenvalue weighted by Gasteiger charge is -2.09. The van der Waals surface area contributed by atoms with Gasteiger partial charge in [-0.15, -0.1) is 0 Å². The van der Waals surface area contributed by atoms with Crippen LogP contribution in [0.15, 0.2) is 16.6 Å². The number of hydrogen-bond donors (Lipinski definition) is 1. The van der Waals surface area contributed by atoms with Crippen molar-refractivity contribution >= 4 is 27.4 Å². The number of halogens is 3. The number of aromatic nitrogens is 2. The van der Waals surface area contributed by atoms with Crippen molar-refractivity contribution in [2.24, 2.45) is 7.05 Å². The Bertz CT molecular complexity index is 665. The van der Waals surface area contributed by atoms with E-state index in [1.165, 1.54) is 4.68 Å². The molecule has 2 aromatic rings. The van der Waals surface area contributed by atoms with Gasteiger partial charge in [-0.2, -0.15) is 10.4 Å². The molecule has 7 heteroatoms. The van der Waals surface area contributed by atoms with E-state index in [0.29, 0.717) is 10.2 Å². The molecule has 2 rings (SSSR count). The predicted octanol–water partition coefficient (Wildman–Crippen LogP) is 3.38. The third-order valence-corrected chi connectivity index (χ3v) is 3.04. The van der Waals surface area contributed by atoms with Gasteiger partial charge in [-0.3, -0.25) is 4.68 Å². The fourth-order valence-corrected chi connectivity index (χ4v) is 2.12. The van der Waals surface area contributed by atoms with Gasteiger partial charge in [0.2, 0.25) is 0 Å². The van der Waals surface area contributed by atoms with Crippen LogP contribution in [0.4, 0.5) is 20.3 Å². The summed E-state index contributed by atoms with van der Waals surface area (Å²) in [6.07, 6.45) is 0. The maximum absolute atomic E-state index is 13.7. The van der Waals surface area contributed by atoms with Crippen molar-refractivity contribution in [2.45, 2.75) is 6.92 Å². The molecule has 98 valence electrons. The zero-order valence-corrected chi connectivity index (χ0v) is 11.7. The van der Waals surface area contributed by atoms with Crippen molar-refractivity contribution in [3.05, 3.63) is 39.5 Å². The lowest BCUT2D eigenvalue weighted by Crippen LogP contribution is -2.04. The van der Waals surface area contributed by atoms with Crippen molar-refractivity contribution in [3.63, 3.8) is 0 Å². The highest BCUT2D eigenvalue weighted by atomic mass is 79.9. The van der Waals surface area contributed by atoms with E-state index in [1.807, 2.05) is 6.07 Å². The Morgan fingerprint density at radius 3 is 2.47 bits per heavy atom. The summed E-state index contributed by atoms with van der Waals surface area (Å²) in [7, 11) is 1.59. The van der Waals surface area contributed by atoms with Gasteiger partial charge in [0.15, 0.2) is 11.6 Å². The smallest absolute Gasteiger partial charge is 0.150 e. The van der Waals surface area contributed by atoms with E-state index in [4.69, 9.17) is 5.26 Å². The highest BCUT2D eigenvalue weighted by Gasteiger charge is 2.17. The molecule has 1 aromatic carbocycles. The van der Waals surface area contributed by atoms with Crippen LogP contribution in [0.2, 0.25) is 0 Å². The Labute approximate surface area is 116 Å². The zero-order chi connectivity index (χ0) is 14.2. The molecule has 0 spiro atoms. The molecule has 0 fully saturated rings. The number of anilines is 2. The fraction of sp³-hybridized carbons (Fsp3) is 0.167. The van der Waals surface area contributed by atoms with Crippen molar-refractivity contribution in [1.82, 2.24) is 9.78 Å². The molecule has 1 N–H and O–H groups in total. The molecule has 0 unspecified atom stereocenters. The van der Waals surface area contributed by atoms with Crippen LogP contribution in [0.5, 0.6) is 0 Å². The maximum atomic E-state index is 13.7. The van der Waals surface area contributed by atoms with E-state index < -0.39 is 11.6 Å². The van der Waals surface area contributed by atoms with Gasteiger partial charge in [-0.05, 0) is 19.1 Å². The lowest BCUT2D eigenvalue weighted by atomic mass is 10.2. The second kappa shape index (κ2) is 4.97. The minimum absolute atomic E-state index is 0.250. The molecule has 4 nitrogen and oxygen atoms in total. The Morgan fingerprint density at radius 2 is 1.95 bits per heavy atom. The fourth-order valence-electron chi connectivity index (χ4n) is 1.72. The molecule has 19 heavy (non-hydrogen) atoms. The van der Waals surface area contributed by atoms with E-state index in [1.54, 1.807) is 14.0 Å². The topological polar surface area (TPSA) is 53.6 Å². The monoisotopic (exact) mass is 326 g/mol. The van der Waals surface area contributed by atoms with Crippen LogP contribution in [0.1, 0.15) is 11.3 Å². The molecule has 0 radical (unpaired) electrons. The van der Waals surface area contributed by atoms with E-state index in [2.05, 4.69) is 26.3 Å². The molecular formula is C12H9BrF2N4. The summed E-state index contributed by atoms with van der Waals surface area (Å²) in [5, 5.41) is 15.7. The number of nitriles is 1. The van der Waals surface area contributed by atoms with Crippen LogP contribution in [-0.4, -0.2) is 9.78 Å². The first kappa shape index (κ1) is 13.5. The summed E-state index contributed by atoms with van der Waals surface area (Å²) in [5.41, 5.74) is 0.428. The highest BCUT2D eigenvalue weighted by molar-refractivity contribution is 9.10. The second-order valence-electron chi connectivity index (χ2n) is 3.91. The van der Waals surface area contributed by atoms with Crippen molar-refractivity contribution < 1.29 is 8.78 Å². The summed E-state index contributed by atoms with van der Waals surface area (Å²) in [6, 6.07) is 4.23. The van der Waals surface area contributed by atoms with Gasteiger partial charge >= 0.3 is 0 Å². The van der Waals surface area contributed by atoms with Gasteiger partial charge in [0.25, 0.3) is 0 Å². The van der Waals surface area contributed by atoms with Gasteiger partial charge in [-0.1, -0.05) is 15.9 Å². The summed E-state index contributed by atoms with van der Waals surface area (Å²) < 4.78 is 29.1. The number of rotatable bonds is 2. The first-order valence-electron chi connectivity index (χ1n) is 5.29. The first-order chi connectivity index (χ1) is 8.93. The average molecular weight is 327 g/mol. The molecule has 0 saturated carbocycles. The second-order valence-corrected chi connectivity index (χ2v) is 4.83. The van der Waals surface area contributed by atoms with E-state index in [-0.39, 0.29) is 17.1 Å². The van der Waals surface area contributed by atoms with Gasteiger partial charge in [0, 0.05) is 11.5 Å². The van der Waals surface area contributed by atoms with E-state index in [9.17, 15) is 8.78 Å². The highest BCUT2D eigenvalue weighted by Crippen LogP contribution is 2.28. The quantitative estimate of drug-likeness (QED) is 0.920. The number of nitrogens with one attached hydrogen (secondary N) is 1. The first-order valence-corrected chi connectivity index (χ1v) is 6.08. The summed E-state index contributed by atoms with van der Waals surface area (Å²) in [4.78, 5) is 0. The molecule has 1 heterocycles.